The van der Waals surface area contributed by atoms with E-state index in [1.807, 2.05) is 18.2 Å². The SMILES string of the molecule is C[C@H]1CCCC[C@@H]1NC(=O)[C@@H]1CC(=O)N(c2ccc3c(c2)OCCO3)C1. The Morgan fingerprint density at radius 2 is 1.92 bits per heavy atom. The van der Waals surface area contributed by atoms with Gasteiger partial charge in [-0.25, -0.2) is 0 Å². The minimum absolute atomic E-state index is 0.0112. The Balaban J connectivity index is 1.42. The number of carbonyl (C=O) groups excluding carboxylic acids is 2. The van der Waals surface area contributed by atoms with Gasteiger partial charge in [0.2, 0.25) is 11.8 Å². The Hall–Kier alpha value is -2.24. The van der Waals surface area contributed by atoms with Crippen molar-refractivity contribution in [3.05, 3.63) is 18.2 Å². The van der Waals surface area contributed by atoms with Crippen LogP contribution in [-0.4, -0.2) is 37.6 Å². The zero-order chi connectivity index (χ0) is 18.1. The molecule has 1 saturated carbocycles. The summed E-state index contributed by atoms with van der Waals surface area (Å²) in [5.41, 5.74) is 0.764. The number of rotatable bonds is 3. The van der Waals surface area contributed by atoms with Crippen molar-refractivity contribution in [3.8, 4) is 11.5 Å². The molecule has 2 amide bonds. The van der Waals surface area contributed by atoms with Crippen LogP contribution in [-0.2, 0) is 9.59 Å². The first-order valence-electron chi connectivity index (χ1n) is 9.62. The molecule has 1 aliphatic carbocycles. The van der Waals surface area contributed by atoms with Crippen molar-refractivity contribution in [2.24, 2.45) is 11.8 Å². The molecule has 26 heavy (non-hydrogen) atoms. The summed E-state index contributed by atoms with van der Waals surface area (Å²) in [6, 6.07) is 5.76. The monoisotopic (exact) mass is 358 g/mol. The summed E-state index contributed by atoms with van der Waals surface area (Å²) in [6.45, 7) is 3.67. The number of hydrogen-bond donors (Lipinski definition) is 1. The van der Waals surface area contributed by atoms with E-state index in [4.69, 9.17) is 9.47 Å². The Labute approximate surface area is 153 Å². The van der Waals surface area contributed by atoms with Gasteiger partial charge in [0.05, 0.1) is 5.92 Å². The van der Waals surface area contributed by atoms with Crippen LogP contribution in [0.25, 0.3) is 0 Å². The summed E-state index contributed by atoms with van der Waals surface area (Å²) < 4.78 is 11.1. The van der Waals surface area contributed by atoms with Gasteiger partial charge in [-0.3, -0.25) is 9.59 Å². The summed E-state index contributed by atoms with van der Waals surface area (Å²) in [4.78, 5) is 26.9. The molecule has 140 valence electrons. The molecule has 0 unspecified atom stereocenters. The van der Waals surface area contributed by atoms with E-state index in [0.717, 1.165) is 18.5 Å². The second-order valence-electron chi connectivity index (χ2n) is 7.61. The summed E-state index contributed by atoms with van der Waals surface area (Å²) in [7, 11) is 0. The van der Waals surface area contributed by atoms with Crippen molar-refractivity contribution in [2.75, 3.05) is 24.7 Å². The minimum Gasteiger partial charge on any atom is -0.486 e. The van der Waals surface area contributed by atoms with E-state index < -0.39 is 0 Å². The van der Waals surface area contributed by atoms with Crippen molar-refractivity contribution in [1.29, 1.82) is 0 Å². The summed E-state index contributed by atoms with van der Waals surface area (Å²) in [6.07, 6.45) is 4.88. The normalized spacial score (nSPS) is 28.1. The average Bonchev–Trinajstić information content (AvgIpc) is 3.05. The number of fused-ring (bicyclic) bond motifs is 1. The predicted molar refractivity (Wildman–Crippen MR) is 97.5 cm³/mol. The number of hydrogen-bond acceptors (Lipinski definition) is 4. The van der Waals surface area contributed by atoms with Gasteiger partial charge in [0.25, 0.3) is 0 Å². The van der Waals surface area contributed by atoms with Crippen LogP contribution in [0.4, 0.5) is 5.69 Å². The van der Waals surface area contributed by atoms with Crippen LogP contribution in [0.3, 0.4) is 0 Å². The molecule has 1 saturated heterocycles. The van der Waals surface area contributed by atoms with E-state index >= 15 is 0 Å². The second-order valence-corrected chi connectivity index (χ2v) is 7.61. The number of carbonyl (C=O) groups is 2. The largest absolute Gasteiger partial charge is 0.486 e. The van der Waals surface area contributed by atoms with Crippen LogP contribution in [0.1, 0.15) is 39.0 Å². The fraction of sp³-hybridized carbons (Fsp3) is 0.600. The molecule has 4 rings (SSSR count). The molecule has 1 aromatic rings. The van der Waals surface area contributed by atoms with Gasteiger partial charge in [0.1, 0.15) is 13.2 Å². The fourth-order valence-corrected chi connectivity index (χ4v) is 4.16. The maximum absolute atomic E-state index is 12.7. The minimum atomic E-state index is -0.287. The van der Waals surface area contributed by atoms with Gasteiger partial charge in [-0.05, 0) is 30.9 Å². The Morgan fingerprint density at radius 1 is 1.15 bits per heavy atom. The molecule has 0 spiro atoms. The fourth-order valence-electron chi connectivity index (χ4n) is 4.16. The van der Waals surface area contributed by atoms with Crippen LogP contribution in [0.5, 0.6) is 11.5 Å². The molecule has 6 nitrogen and oxygen atoms in total. The van der Waals surface area contributed by atoms with Crippen molar-refractivity contribution < 1.29 is 19.1 Å². The Morgan fingerprint density at radius 3 is 2.73 bits per heavy atom. The quantitative estimate of drug-likeness (QED) is 0.901. The van der Waals surface area contributed by atoms with Crippen molar-refractivity contribution in [2.45, 2.75) is 45.1 Å². The molecule has 2 aliphatic heterocycles. The zero-order valence-electron chi connectivity index (χ0n) is 15.2. The van der Waals surface area contributed by atoms with Gasteiger partial charge >= 0.3 is 0 Å². The molecule has 3 aliphatic rings. The third-order valence-corrected chi connectivity index (χ3v) is 5.77. The Kier molecular flexibility index (Phi) is 4.74. The molecular formula is C20H26N2O4. The first-order valence-corrected chi connectivity index (χ1v) is 9.62. The van der Waals surface area contributed by atoms with Crippen LogP contribution in [0.15, 0.2) is 18.2 Å². The highest BCUT2D eigenvalue weighted by Crippen LogP contribution is 2.36. The first-order chi connectivity index (χ1) is 12.6. The van der Waals surface area contributed by atoms with Crippen molar-refractivity contribution >= 4 is 17.5 Å². The summed E-state index contributed by atoms with van der Waals surface area (Å²) >= 11 is 0. The van der Waals surface area contributed by atoms with Crippen LogP contribution in [0.2, 0.25) is 0 Å². The van der Waals surface area contributed by atoms with Gasteiger partial charge < -0.3 is 19.7 Å². The molecule has 2 fully saturated rings. The molecule has 1 aromatic carbocycles. The van der Waals surface area contributed by atoms with Gasteiger partial charge in [-0.1, -0.05) is 19.8 Å². The highest BCUT2D eigenvalue weighted by Gasteiger charge is 2.37. The predicted octanol–water partition coefficient (Wildman–Crippen LogP) is 2.51. The lowest BCUT2D eigenvalue weighted by molar-refractivity contribution is -0.127. The first kappa shape index (κ1) is 17.2. The van der Waals surface area contributed by atoms with E-state index in [1.54, 1.807) is 4.90 Å². The number of nitrogens with one attached hydrogen (secondary N) is 1. The van der Waals surface area contributed by atoms with Crippen LogP contribution in [0, 0.1) is 11.8 Å². The molecule has 2 heterocycles. The topological polar surface area (TPSA) is 67.9 Å². The lowest BCUT2D eigenvalue weighted by Crippen LogP contribution is -2.44. The summed E-state index contributed by atoms with van der Waals surface area (Å²) in [5, 5.41) is 3.19. The smallest absolute Gasteiger partial charge is 0.227 e. The standard InChI is InChI=1S/C20H26N2O4/c1-13-4-2-3-5-16(13)21-20(24)14-10-19(23)22(12-14)15-6-7-17-18(11-15)26-9-8-25-17/h6-7,11,13-14,16H,2-5,8-10,12H2,1H3,(H,21,24)/t13-,14+,16-/m0/s1. The number of benzene rings is 1. The lowest BCUT2D eigenvalue weighted by atomic mass is 9.85. The molecule has 3 atom stereocenters. The van der Waals surface area contributed by atoms with Crippen molar-refractivity contribution in [3.63, 3.8) is 0 Å². The third kappa shape index (κ3) is 3.37. The highest BCUT2D eigenvalue weighted by atomic mass is 16.6. The van der Waals surface area contributed by atoms with Gasteiger partial charge in [-0.2, -0.15) is 0 Å². The van der Waals surface area contributed by atoms with E-state index in [-0.39, 0.29) is 30.2 Å². The van der Waals surface area contributed by atoms with Gasteiger partial charge in [-0.15, -0.1) is 0 Å². The van der Waals surface area contributed by atoms with Crippen molar-refractivity contribution in [1.82, 2.24) is 5.32 Å². The maximum Gasteiger partial charge on any atom is 0.227 e. The third-order valence-electron chi connectivity index (χ3n) is 5.77. The van der Waals surface area contributed by atoms with E-state index in [2.05, 4.69) is 12.2 Å². The highest BCUT2D eigenvalue weighted by molar-refractivity contribution is 6.00. The van der Waals surface area contributed by atoms with Gasteiger partial charge in [0, 0.05) is 30.8 Å². The average molecular weight is 358 g/mol. The summed E-state index contributed by atoms with van der Waals surface area (Å²) in [5.74, 6) is 1.58. The van der Waals surface area contributed by atoms with Gasteiger partial charge in [0.15, 0.2) is 11.5 Å². The number of nitrogens with zero attached hydrogens (tertiary/aromatic N) is 1. The second kappa shape index (κ2) is 7.17. The molecular weight excluding hydrogens is 332 g/mol. The van der Waals surface area contributed by atoms with Crippen LogP contribution >= 0.6 is 0 Å². The van der Waals surface area contributed by atoms with E-state index in [1.165, 1.54) is 12.8 Å². The molecule has 6 heteroatoms. The lowest BCUT2D eigenvalue weighted by Gasteiger charge is -2.30. The number of anilines is 1. The molecule has 1 N–H and O–H groups in total. The number of amides is 2. The molecule has 0 aromatic heterocycles. The maximum atomic E-state index is 12.7. The zero-order valence-corrected chi connectivity index (χ0v) is 15.2. The molecule has 0 bridgehead atoms. The van der Waals surface area contributed by atoms with Crippen LogP contribution < -0.4 is 19.7 Å². The van der Waals surface area contributed by atoms with E-state index in [9.17, 15) is 9.59 Å². The Bertz CT molecular complexity index is 705. The number of ether oxygens (including phenoxy) is 2. The molecule has 0 radical (unpaired) electrons. The van der Waals surface area contributed by atoms with E-state index in [0.29, 0.717) is 37.2 Å².